The zero-order valence-electron chi connectivity index (χ0n) is 15.4. The number of terminal acetylenes is 1. The third-order valence-electron chi connectivity index (χ3n) is 3.35. The molecule has 0 fully saturated rings. The molecule has 3 N–H and O–H groups in total. The van der Waals surface area contributed by atoms with Crippen LogP contribution in [-0.4, -0.2) is 29.1 Å². The van der Waals surface area contributed by atoms with Crippen LogP contribution in [-0.2, 0) is 9.59 Å². The number of aliphatic hydroxyl groups is 1. The molecule has 0 saturated carbocycles. The fourth-order valence-corrected chi connectivity index (χ4v) is 2.03. The van der Waals surface area contributed by atoms with Crippen molar-refractivity contribution in [2.45, 2.75) is 65.5 Å². The lowest BCUT2D eigenvalue weighted by Crippen LogP contribution is -2.52. The number of hydrogen-bond acceptors (Lipinski definition) is 3. The number of carbonyl (C=O) groups excluding carboxylic acids is 2. The average molecular weight is 369 g/mol. The minimum atomic E-state index is -0.686. The number of halogens is 1. The molecule has 0 heterocycles. The molecule has 140 valence electrons. The summed E-state index contributed by atoms with van der Waals surface area (Å²) in [5, 5.41) is 15.8. The molecule has 2 amide bonds. The van der Waals surface area contributed by atoms with E-state index in [0.717, 1.165) is 0 Å². The molecule has 0 unspecified atom stereocenters. The van der Waals surface area contributed by atoms with Crippen LogP contribution >= 0.6 is 11.6 Å². The van der Waals surface area contributed by atoms with E-state index in [2.05, 4.69) is 16.6 Å². The van der Waals surface area contributed by atoms with Crippen molar-refractivity contribution in [2.24, 2.45) is 5.41 Å². The second-order valence-corrected chi connectivity index (χ2v) is 7.49. The molecule has 5 nitrogen and oxygen atoms in total. The number of rotatable bonds is 9. The summed E-state index contributed by atoms with van der Waals surface area (Å²) in [4.78, 5) is 24.2. The molecule has 0 radical (unpaired) electrons. The summed E-state index contributed by atoms with van der Waals surface area (Å²) in [7, 11) is 0. The molecule has 0 rings (SSSR count). The van der Waals surface area contributed by atoms with E-state index in [0.29, 0.717) is 24.3 Å². The van der Waals surface area contributed by atoms with E-state index in [9.17, 15) is 14.7 Å². The van der Waals surface area contributed by atoms with Crippen molar-refractivity contribution in [3.05, 3.63) is 23.4 Å². The molecular weight excluding hydrogens is 340 g/mol. The molecule has 0 aliphatic heterocycles. The second-order valence-electron chi connectivity index (χ2n) is 6.90. The summed E-state index contributed by atoms with van der Waals surface area (Å²) in [6, 6.07) is -0.686. The van der Waals surface area contributed by atoms with Crippen molar-refractivity contribution in [1.29, 1.82) is 0 Å². The molecule has 25 heavy (non-hydrogen) atoms. The van der Waals surface area contributed by atoms with Crippen molar-refractivity contribution >= 4 is 23.4 Å². The van der Waals surface area contributed by atoms with Gasteiger partial charge >= 0.3 is 0 Å². The van der Waals surface area contributed by atoms with Gasteiger partial charge in [-0.1, -0.05) is 44.5 Å². The first-order valence-electron chi connectivity index (χ1n) is 8.26. The van der Waals surface area contributed by atoms with Gasteiger partial charge in [-0.2, -0.15) is 0 Å². The third kappa shape index (κ3) is 11.4. The first-order valence-corrected chi connectivity index (χ1v) is 8.64. The highest BCUT2D eigenvalue weighted by molar-refractivity contribution is 6.29. The number of nitrogens with one attached hydrogen (secondary N) is 2. The van der Waals surface area contributed by atoms with Crippen molar-refractivity contribution in [3.63, 3.8) is 0 Å². The van der Waals surface area contributed by atoms with Crippen LogP contribution < -0.4 is 10.6 Å². The smallest absolute Gasteiger partial charge is 0.247 e. The standard InChI is InChI=1S/C19H29ClN2O3/c1-6-7-10-16(24)22-17(19(3,4)5)18(25)21-13-8-9-15(23)12-11-14(2)20/h1,8,11,13,15,17,23H,7,9-10,12H2,2-5H3,(H,21,25)(H,22,24)/b13-8-,14-11+/t15-,17-/m1/s1. The normalized spacial score (nSPS) is 14.7. The Morgan fingerprint density at radius 2 is 1.96 bits per heavy atom. The van der Waals surface area contributed by atoms with E-state index in [1.165, 1.54) is 6.20 Å². The quantitative estimate of drug-likeness (QED) is 0.547. The Morgan fingerprint density at radius 1 is 1.32 bits per heavy atom. The Kier molecular flexibility index (Phi) is 10.9. The van der Waals surface area contributed by atoms with Gasteiger partial charge in [0.15, 0.2) is 0 Å². The van der Waals surface area contributed by atoms with Crippen LogP contribution in [0.5, 0.6) is 0 Å². The highest BCUT2D eigenvalue weighted by Gasteiger charge is 2.32. The van der Waals surface area contributed by atoms with Crippen molar-refractivity contribution in [1.82, 2.24) is 10.6 Å². The predicted molar refractivity (Wildman–Crippen MR) is 102 cm³/mol. The van der Waals surface area contributed by atoms with E-state index in [1.807, 2.05) is 20.8 Å². The van der Waals surface area contributed by atoms with Crippen LogP contribution in [0.15, 0.2) is 23.4 Å². The maximum absolute atomic E-state index is 12.4. The summed E-state index contributed by atoms with van der Waals surface area (Å²) >= 11 is 5.71. The molecule has 0 aromatic heterocycles. The van der Waals surface area contributed by atoms with E-state index in [-0.39, 0.29) is 18.2 Å². The number of allylic oxidation sites excluding steroid dienone is 1. The number of amides is 2. The molecule has 0 bridgehead atoms. The lowest BCUT2D eigenvalue weighted by atomic mass is 9.86. The molecule has 0 aliphatic rings. The molecule has 0 aromatic carbocycles. The fraction of sp³-hybridized carbons (Fsp3) is 0.579. The summed E-state index contributed by atoms with van der Waals surface area (Å²) in [5.41, 5.74) is -0.452. The van der Waals surface area contributed by atoms with Gasteiger partial charge in [0.1, 0.15) is 6.04 Å². The van der Waals surface area contributed by atoms with Crippen LogP contribution in [0, 0.1) is 17.8 Å². The highest BCUT2D eigenvalue weighted by Crippen LogP contribution is 2.19. The lowest BCUT2D eigenvalue weighted by molar-refractivity contribution is -0.131. The predicted octanol–water partition coefficient (Wildman–Crippen LogP) is 2.84. The topological polar surface area (TPSA) is 78.4 Å². The molecule has 0 spiro atoms. The minimum Gasteiger partial charge on any atom is -0.392 e. The van der Waals surface area contributed by atoms with Crippen molar-refractivity contribution in [2.75, 3.05) is 0 Å². The van der Waals surface area contributed by atoms with Gasteiger partial charge in [0, 0.05) is 17.9 Å². The van der Waals surface area contributed by atoms with E-state index >= 15 is 0 Å². The first-order chi connectivity index (χ1) is 11.6. The van der Waals surface area contributed by atoms with Gasteiger partial charge in [-0.15, -0.1) is 12.3 Å². The van der Waals surface area contributed by atoms with Gasteiger partial charge in [-0.3, -0.25) is 9.59 Å². The van der Waals surface area contributed by atoms with Crippen molar-refractivity contribution in [3.8, 4) is 12.3 Å². The molecule has 0 aliphatic carbocycles. The summed E-state index contributed by atoms with van der Waals surface area (Å²) in [6.45, 7) is 7.35. The minimum absolute atomic E-state index is 0.186. The van der Waals surface area contributed by atoms with Gasteiger partial charge in [0.2, 0.25) is 11.8 Å². The van der Waals surface area contributed by atoms with E-state index < -0.39 is 17.6 Å². The summed E-state index contributed by atoms with van der Waals surface area (Å²) in [5.74, 6) is 1.83. The van der Waals surface area contributed by atoms with Gasteiger partial charge in [-0.05, 0) is 31.4 Å². The maximum atomic E-state index is 12.4. The van der Waals surface area contributed by atoms with Gasteiger partial charge in [0.05, 0.1) is 6.10 Å². The van der Waals surface area contributed by atoms with E-state index in [1.54, 1.807) is 19.1 Å². The van der Waals surface area contributed by atoms with E-state index in [4.69, 9.17) is 18.0 Å². The Morgan fingerprint density at radius 3 is 2.48 bits per heavy atom. The first kappa shape index (κ1) is 23.2. The van der Waals surface area contributed by atoms with Gasteiger partial charge in [0.25, 0.3) is 0 Å². The summed E-state index contributed by atoms with van der Waals surface area (Å²) < 4.78 is 0. The van der Waals surface area contributed by atoms with Crippen LogP contribution in [0.1, 0.15) is 53.4 Å². The fourth-order valence-electron chi connectivity index (χ4n) is 1.94. The largest absolute Gasteiger partial charge is 0.392 e. The lowest BCUT2D eigenvalue weighted by Gasteiger charge is -2.29. The van der Waals surface area contributed by atoms with Crippen LogP contribution in [0.4, 0.5) is 0 Å². The Bertz CT molecular complexity index is 538. The molecule has 6 heteroatoms. The van der Waals surface area contributed by atoms with Gasteiger partial charge < -0.3 is 15.7 Å². The summed E-state index contributed by atoms with van der Waals surface area (Å²) in [6.07, 6.45) is 10.8. The monoisotopic (exact) mass is 368 g/mol. The molecule has 0 saturated heterocycles. The zero-order valence-corrected chi connectivity index (χ0v) is 16.2. The van der Waals surface area contributed by atoms with Crippen LogP contribution in [0.25, 0.3) is 0 Å². The Hall–Kier alpha value is -1.77. The van der Waals surface area contributed by atoms with Crippen LogP contribution in [0.3, 0.4) is 0 Å². The van der Waals surface area contributed by atoms with Crippen LogP contribution in [0.2, 0.25) is 0 Å². The Labute approximate surface area is 155 Å². The van der Waals surface area contributed by atoms with Crippen molar-refractivity contribution < 1.29 is 14.7 Å². The maximum Gasteiger partial charge on any atom is 0.247 e. The Balaban J connectivity index is 4.58. The number of aliphatic hydroxyl groups excluding tert-OH is 1. The molecular formula is C19H29ClN2O3. The second kappa shape index (κ2) is 11.7. The average Bonchev–Trinajstić information content (AvgIpc) is 2.51. The highest BCUT2D eigenvalue weighted by atomic mass is 35.5. The molecule has 0 aromatic rings. The SMILES string of the molecule is C#CCCC(=O)N[C@H](C(=O)N/C=C\C[C@@H](O)C/C=C(\C)Cl)C(C)(C)C. The number of hydrogen-bond donors (Lipinski definition) is 3. The zero-order chi connectivity index (χ0) is 19.5. The van der Waals surface area contributed by atoms with Gasteiger partial charge in [-0.25, -0.2) is 0 Å². The molecule has 2 atom stereocenters. The number of carbonyl (C=O) groups is 2. The third-order valence-corrected chi connectivity index (χ3v) is 3.51.